The molecule has 4 heteroatoms. The summed E-state index contributed by atoms with van der Waals surface area (Å²) in [4.78, 5) is 12.2. The lowest BCUT2D eigenvalue weighted by Crippen LogP contribution is -2.13. The Balaban J connectivity index is 2.22. The van der Waals surface area contributed by atoms with Crippen LogP contribution >= 0.6 is 0 Å². The molecular weight excluding hydrogens is 312 g/mol. The minimum absolute atomic E-state index is 0.423. The van der Waals surface area contributed by atoms with Crippen molar-refractivity contribution in [2.75, 3.05) is 7.11 Å². The first-order valence-corrected chi connectivity index (χ1v) is 8.21. The molecule has 25 heavy (non-hydrogen) atoms. The van der Waals surface area contributed by atoms with Gasteiger partial charge in [0.2, 0.25) is 0 Å². The molecule has 2 N–H and O–H groups in total. The smallest absolute Gasteiger partial charge is 0.251 e. The van der Waals surface area contributed by atoms with Gasteiger partial charge in [-0.25, -0.2) is 0 Å². The van der Waals surface area contributed by atoms with Gasteiger partial charge < -0.3 is 15.0 Å². The molecule has 0 bridgehead atoms. The molecule has 3 rings (SSSR count). The highest BCUT2D eigenvalue weighted by Crippen LogP contribution is 2.37. The summed E-state index contributed by atoms with van der Waals surface area (Å²) < 4.78 is 7.63. The molecule has 0 spiro atoms. The van der Waals surface area contributed by atoms with Crippen LogP contribution in [0.4, 0.5) is 0 Å². The molecule has 3 aromatic rings. The number of amides is 1. The number of carbonyl (C=O) groups is 1. The van der Waals surface area contributed by atoms with Crippen molar-refractivity contribution in [3.8, 4) is 16.9 Å². The third kappa shape index (κ3) is 3.03. The normalized spacial score (nSPS) is 10.7. The lowest BCUT2D eigenvalue weighted by molar-refractivity contribution is 0.1000. The van der Waals surface area contributed by atoms with E-state index in [1.807, 2.05) is 56.3 Å². The van der Waals surface area contributed by atoms with Gasteiger partial charge in [0.25, 0.3) is 5.91 Å². The highest BCUT2D eigenvalue weighted by molar-refractivity contribution is 6.02. The van der Waals surface area contributed by atoms with Gasteiger partial charge in [-0.15, -0.1) is 0 Å². The Bertz CT molecular complexity index is 911. The number of hydrogen-bond donors (Lipinski definition) is 1. The molecular formula is C21H22N2O2. The average molecular weight is 334 g/mol. The predicted octanol–water partition coefficient (Wildman–Crippen LogP) is 3.93. The molecule has 0 saturated carbocycles. The van der Waals surface area contributed by atoms with Gasteiger partial charge in [-0.2, -0.15) is 0 Å². The molecule has 0 fully saturated rings. The van der Waals surface area contributed by atoms with Crippen LogP contribution in [0.15, 0.2) is 54.6 Å². The zero-order valence-electron chi connectivity index (χ0n) is 14.7. The van der Waals surface area contributed by atoms with Crippen LogP contribution in [0.1, 0.15) is 27.3 Å². The fourth-order valence-corrected chi connectivity index (χ4v) is 3.37. The Labute approximate surface area is 147 Å². The fraction of sp³-hybridized carbons (Fsp3) is 0.190. The van der Waals surface area contributed by atoms with E-state index >= 15 is 0 Å². The maximum Gasteiger partial charge on any atom is 0.251 e. The number of aromatic nitrogens is 1. The molecule has 128 valence electrons. The molecule has 4 nitrogen and oxygen atoms in total. The van der Waals surface area contributed by atoms with Crippen molar-refractivity contribution >= 4 is 5.91 Å². The molecule has 0 radical (unpaired) electrons. The predicted molar refractivity (Wildman–Crippen MR) is 100.0 cm³/mol. The van der Waals surface area contributed by atoms with E-state index in [2.05, 4.69) is 16.7 Å². The zero-order valence-corrected chi connectivity index (χ0v) is 14.7. The Kier molecular flexibility index (Phi) is 4.61. The summed E-state index contributed by atoms with van der Waals surface area (Å²) in [6, 6.07) is 17.9. The van der Waals surface area contributed by atoms with Crippen molar-refractivity contribution in [1.29, 1.82) is 0 Å². The van der Waals surface area contributed by atoms with Crippen LogP contribution in [0.2, 0.25) is 0 Å². The van der Waals surface area contributed by atoms with Crippen LogP contribution in [0.25, 0.3) is 11.1 Å². The second kappa shape index (κ2) is 6.85. The molecule has 1 heterocycles. The van der Waals surface area contributed by atoms with Crippen molar-refractivity contribution in [2.45, 2.75) is 20.4 Å². The van der Waals surface area contributed by atoms with Gasteiger partial charge in [0.05, 0.1) is 12.7 Å². The summed E-state index contributed by atoms with van der Waals surface area (Å²) in [7, 11) is 1.63. The van der Waals surface area contributed by atoms with Crippen LogP contribution in [0.5, 0.6) is 5.75 Å². The van der Waals surface area contributed by atoms with E-state index in [1.165, 1.54) is 5.56 Å². The highest BCUT2D eigenvalue weighted by Gasteiger charge is 2.24. The summed E-state index contributed by atoms with van der Waals surface area (Å²) >= 11 is 0. The first kappa shape index (κ1) is 16.8. The van der Waals surface area contributed by atoms with Crippen LogP contribution in [0, 0.1) is 13.8 Å². The molecule has 0 atom stereocenters. The number of carbonyl (C=O) groups excluding carboxylic acids is 1. The van der Waals surface area contributed by atoms with Gasteiger partial charge in [-0.3, -0.25) is 4.79 Å². The van der Waals surface area contributed by atoms with Crippen LogP contribution in [-0.4, -0.2) is 17.6 Å². The van der Waals surface area contributed by atoms with Gasteiger partial charge in [-0.05, 0) is 25.5 Å². The quantitative estimate of drug-likeness (QED) is 0.768. The molecule has 0 saturated heterocycles. The van der Waals surface area contributed by atoms with Crippen molar-refractivity contribution < 1.29 is 9.53 Å². The third-order valence-electron chi connectivity index (χ3n) is 4.59. The van der Waals surface area contributed by atoms with Gasteiger partial charge in [0, 0.05) is 29.1 Å². The van der Waals surface area contributed by atoms with Crippen molar-refractivity contribution in [3.05, 3.63) is 77.1 Å². The number of rotatable bonds is 5. The molecule has 0 unspecified atom stereocenters. The number of hydrogen-bond acceptors (Lipinski definition) is 2. The monoisotopic (exact) mass is 334 g/mol. The summed E-state index contributed by atoms with van der Waals surface area (Å²) in [5, 5.41) is 0. The zero-order chi connectivity index (χ0) is 18.0. The lowest BCUT2D eigenvalue weighted by Gasteiger charge is -2.11. The summed E-state index contributed by atoms with van der Waals surface area (Å²) in [5.41, 5.74) is 11.0. The standard InChI is InChI=1S/C21H22N2O2/c1-14-19(17-11-7-8-12-18(17)25-3)20(21(22)24)15(2)23(14)13-16-9-5-4-6-10-16/h4-12H,13H2,1-3H3,(H2,22,24). The van der Waals surface area contributed by atoms with Gasteiger partial charge in [0.15, 0.2) is 0 Å². The summed E-state index contributed by atoms with van der Waals surface area (Å²) in [5.74, 6) is 0.304. The first-order valence-electron chi connectivity index (χ1n) is 8.21. The van der Waals surface area contributed by atoms with Gasteiger partial charge >= 0.3 is 0 Å². The minimum Gasteiger partial charge on any atom is -0.496 e. The number of para-hydroxylation sites is 1. The SMILES string of the molecule is COc1ccccc1-c1c(C(N)=O)c(C)n(Cc2ccccc2)c1C. The highest BCUT2D eigenvalue weighted by atomic mass is 16.5. The van der Waals surface area contributed by atoms with Crippen LogP contribution in [-0.2, 0) is 6.54 Å². The number of methoxy groups -OCH3 is 1. The van der Waals surface area contributed by atoms with Gasteiger partial charge in [-0.1, -0.05) is 48.5 Å². The lowest BCUT2D eigenvalue weighted by atomic mass is 9.99. The maximum absolute atomic E-state index is 12.2. The molecule has 2 aromatic carbocycles. The van der Waals surface area contributed by atoms with E-state index in [4.69, 9.17) is 10.5 Å². The van der Waals surface area contributed by atoms with E-state index in [0.29, 0.717) is 12.1 Å². The molecule has 1 aromatic heterocycles. The second-order valence-corrected chi connectivity index (χ2v) is 6.06. The topological polar surface area (TPSA) is 57.2 Å². The number of nitrogens with two attached hydrogens (primary N) is 1. The second-order valence-electron chi connectivity index (χ2n) is 6.06. The average Bonchev–Trinajstić information content (AvgIpc) is 2.87. The Morgan fingerprint density at radius 1 is 1.00 bits per heavy atom. The summed E-state index contributed by atoms with van der Waals surface area (Å²) in [6.07, 6.45) is 0. The fourth-order valence-electron chi connectivity index (χ4n) is 3.37. The van der Waals surface area contributed by atoms with E-state index in [9.17, 15) is 4.79 Å². The minimum atomic E-state index is -0.423. The van der Waals surface area contributed by atoms with Crippen LogP contribution < -0.4 is 10.5 Å². The number of primary amides is 1. The first-order chi connectivity index (χ1) is 12.0. The third-order valence-corrected chi connectivity index (χ3v) is 4.59. The molecule has 0 aliphatic heterocycles. The van der Waals surface area contributed by atoms with E-state index < -0.39 is 5.91 Å². The van der Waals surface area contributed by atoms with E-state index in [-0.39, 0.29) is 0 Å². The Hall–Kier alpha value is -3.01. The van der Waals surface area contributed by atoms with Crippen molar-refractivity contribution in [3.63, 3.8) is 0 Å². The Morgan fingerprint density at radius 2 is 1.64 bits per heavy atom. The summed E-state index contributed by atoms with van der Waals surface area (Å²) in [6.45, 7) is 4.65. The van der Waals surface area contributed by atoms with E-state index in [1.54, 1.807) is 7.11 Å². The van der Waals surface area contributed by atoms with Crippen LogP contribution in [0.3, 0.4) is 0 Å². The van der Waals surface area contributed by atoms with Crippen molar-refractivity contribution in [2.24, 2.45) is 5.73 Å². The molecule has 0 aliphatic rings. The number of nitrogens with zero attached hydrogens (tertiary/aromatic N) is 1. The van der Waals surface area contributed by atoms with Crippen molar-refractivity contribution in [1.82, 2.24) is 4.57 Å². The number of benzene rings is 2. The molecule has 1 amide bonds. The van der Waals surface area contributed by atoms with E-state index in [0.717, 1.165) is 28.3 Å². The van der Waals surface area contributed by atoms with Gasteiger partial charge in [0.1, 0.15) is 5.75 Å². The maximum atomic E-state index is 12.2. The Morgan fingerprint density at radius 3 is 2.28 bits per heavy atom. The number of ether oxygens (including phenoxy) is 1. The largest absolute Gasteiger partial charge is 0.496 e. The molecule has 0 aliphatic carbocycles.